The second-order valence-corrected chi connectivity index (χ2v) is 12.6. The molecule has 0 aliphatic carbocycles. The fraction of sp³-hybridized carbons (Fsp3) is 0.321. The molecule has 3 aromatic rings. The van der Waals surface area contributed by atoms with Gasteiger partial charge in [0.25, 0.3) is 11.6 Å². The van der Waals surface area contributed by atoms with Gasteiger partial charge in [-0.3, -0.25) is 13.8 Å². The summed E-state index contributed by atoms with van der Waals surface area (Å²) in [6, 6.07) is 20.5. The van der Waals surface area contributed by atoms with E-state index in [4.69, 9.17) is 9.47 Å². The van der Waals surface area contributed by atoms with Gasteiger partial charge in [0.15, 0.2) is 17.5 Å². The molecule has 0 bridgehead atoms. The van der Waals surface area contributed by atoms with E-state index in [1.165, 1.54) is 25.4 Å². The Labute approximate surface area is 232 Å². The molecule has 2 N–H and O–H groups in total. The molecule has 2 fully saturated rings. The molecule has 204 valence electrons. The number of nitrogens with zero attached hydrogens (tertiary/aromatic N) is 1. The van der Waals surface area contributed by atoms with Crippen LogP contribution >= 0.6 is 11.3 Å². The number of carbonyl (C=O) groups is 3. The van der Waals surface area contributed by atoms with E-state index >= 15 is 0 Å². The normalized spacial score (nSPS) is 27.6. The number of rotatable bonds is 9. The first-order valence-corrected chi connectivity index (χ1v) is 14.4. The zero-order valence-electron chi connectivity index (χ0n) is 21.3. The number of fused-ring (bicyclic) bond motifs is 1. The van der Waals surface area contributed by atoms with Crippen molar-refractivity contribution in [3.05, 3.63) is 94.2 Å². The van der Waals surface area contributed by atoms with Gasteiger partial charge in [-0.05, 0) is 29.5 Å². The number of aliphatic hydroxyl groups excluding tert-OH is 1. The summed E-state index contributed by atoms with van der Waals surface area (Å²) in [5.74, 6) is -2.03. The average molecular weight is 569 g/mol. The third kappa shape index (κ3) is 4.49. The summed E-state index contributed by atoms with van der Waals surface area (Å²) in [5, 5.41) is 13.6. The maximum Gasteiger partial charge on any atom is 0.331 e. The van der Waals surface area contributed by atoms with E-state index in [0.29, 0.717) is 11.1 Å². The van der Waals surface area contributed by atoms with Crippen LogP contribution in [0.5, 0.6) is 0 Å². The Bertz CT molecular complexity index is 1350. The van der Waals surface area contributed by atoms with Crippen LogP contribution in [0.1, 0.15) is 29.0 Å². The Morgan fingerprint density at radius 1 is 1.08 bits per heavy atom. The number of methoxy groups -OCH3 is 1. The highest BCUT2D eigenvalue weighted by atomic mass is 32.2. The summed E-state index contributed by atoms with van der Waals surface area (Å²) in [6.45, 7) is 0.804. The van der Waals surface area contributed by atoms with Crippen molar-refractivity contribution >= 4 is 39.9 Å². The Balaban J connectivity index is 1.45. The van der Waals surface area contributed by atoms with E-state index in [1.807, 2.05) is 72.1 Å². The maximum atomic E-state index is 13.8. The van der Waals surface area contributed by atoms with Crippen molar-refractivity contribution in [2.45, 2.75) is 41.3 Å². The monoisotopic (exact) mass is 568 g/mol. The van der Waals surface area contributed by atoms with E-state index in [9.17, 15) is 23.7 Å². The molecule has 2 aromatic carbocycles. The Morgan fingerprint density at radius 2 is 1.69 bits per heavy atom. The van der Waals surface area contributed by atoms with Gasteiger partial charge in [0.2, 0.25) is 5.91 Å². The van der Waals surface area contributed by atoms with Gasteiger partial charge in [0.05, 0.1) is 28.6 Å². The van der Waals surface area contributed by atoms with Crippen molar-refractivity contribution in [3.8, 4) is 0 Å². The Hall–Kier alpha value is -3.38. The number of nitrogens with one attached hydrogen (secondary N) is 1. The summed E-state index contributed by atoms with van der Waals surface area (Å²) in [6.07, 6.45) is -0.794. The summed E-state index contributed by atoms with van der Waals surface area (Å²) in [5.41, 5.74) is -0.510. The molecular weight excluding hydrogens is 540 g/mol. The highest BCUT2D eigenvalue weighted by molar-refractivity contribution is 7.87. The number of thiophene rings is 1. The SMILES string of the molecule is COC1(NC(=O)Cc2cccs2)C(=O)N2C1S(=O)C(C)(CO)C2C(=O)OC(c1ccccc1)c1ccccc1. The van der Waals surface area contributed by atoms with Crippen molar-refractivity contribution in [2.75, 3.05) is 13.7 Å². The number of hydrogen-bond donors (Lipinski definition) is 2. The largest absolute Gasteiger partial charge is 0.451 e. The lowest BCUT2D eigenvalue weighted by molar-refractivity contribution is -0.203. The Morgan fingerprint density at radius 3 is 2.21 bits per heavy atom. The van der Waals surface area contributed by atoms with Crippen molar-refractivity contribution in [2.24, 2.45) is 0 Å². The van der Waals surface area contributed by atoms with Crippen molar-refractivity contribution < 1.29 is 33.2 Å². The van der Waals surface area contributed by atoms with E-state index in [2.05, 4.69) is 5.32 Å². The lowest BCUT2D eigenvalue weighted by Crippen LogP contribution is -2.81. The van der Waals surface area contributed by atoms with Crippen LogP contribution in [-0.2, 0) is 41.1 Å². The molecule has 5 atom stereocenters. The van der Waals surface area contributed by atoms with E-state index < -0.39 is 63.2 Å². The average Bonchev–Trinajstić information content (AvgIpc) is 3.54. The smallest absolute Gasteiger partial charge is 0.331 e. The minimum atomic E-state index is -2.00. The van der Waals surface area contributed by atoms with E-state index in [0.717, 1.165) is 9.78 Å². The molecule has 2 saturated heterocycles. The molecule has 5 unspecified atom stereocenters. The Kier molecular flexibility index (Phi) is 7.43. The topological polar surface area (TPSA) is 122 Å². The first kappa shape index (κ1) is 27.2. The second-order valence-electron chi connectivity index (χ2n) is 9.62. The van der Waals surface area contributed by atoms with Gasteiger partial charge in [-0.1, -0.05) is 66.7 Å². The molecule has 39 heavy (non-hydrogen) atoms. The number of carbonyl (C=O) groups excluding carboxylic acids is 3. The third-order valence-corrected chi connectivity index (χ3v) is 10.3. The molecule has 5 rings (SSSR count). The number of ether oxygens (including phenoxy) is 2. The summed E-state index contributed by atoms with van der Waals surface area (Å²) < 4.78 is 23.7. The second kappa shape index (κ2) is 10.6. The summed E-state index contributed by atoms with van der Waals surface area (Å²) in [4.78, 5) is 42.1. The number of β-lactam (4-membered cyclic amide) rings is 1. The van der Waals surface area contributed by atoms with Crippen molar-refractivity contribution in [1.82, 2.24) is 10.2 Å². The fourth-order valence-corrected chi connectivity index (χ4v) is 7.91. The minimum absolute atomic E-state index is 0.00792. The van der Waals surface area contributed by atoms with Gasteiger partial charge in [0.1, 0.15) is 0 Å². The first-order valence-electron chi connectivity index (χ1n) is 12.3. The van der Waals surface area contributed by atoms with Crippen LogP contribution in [0, 0.1) is 0 Å². The zero-order valence-corrected chi connectivity index (χ0v) is 22.9. The van der Waals surface area contributed by atoms with Gasteiger partial charge in [-0.2, -0.15) is 0 Å². The number of aliphatic hydroxyl groups is 1. The van der Waals surface area contributed by atoms with Crippen molar-refractivity contribution in [1.29, 1.82) is 0 Å². The predicted octanol–water partition coefficient (Wildman–Crippen LogP) is 2.13. The quantitative estimate of drug-likeness (QED) is 0.230. The molecule has 11 heteroatoms. The molecule has 1 aromatic heterocycles. The van der Waals surface area contributed by atoms with Crippen LogP contribution < -0.4 is 5.32 Å². The van der Waals surface area contributed by atoms with Crippen LogP contribution in [0.4, 0.5) is 0 Å². The van der Waals surface area contributed by atoms with Gasteiger partial charge in [-0.15, -0.1) is 11.3 Å². The molecule has 2 aliphatic rings. The summed E-state index contributed by atoms with van der Waals surface area (Å²) in [7, 11) is -0.760. The molecule has 2 amide bonds. The van der Waals surface area contributed by atoms with Gasteiger partial charge >= 0.3 is 5.97 Å². The molecule has 2 aliphatic heterocycles. The molecule has 0 spiro atoms. The number of amides is 2. The highest BCUT2D eigenvalue weighted by Gasteiger charge is 2.77. The molecule has 9 nitrogen and oxygen atoms in total. The van der Waals surface area contributed by atoms with Crippen LogP contribution in [0.15, 0.2) is 78.2 Å². The number of hydrogen-bond acceptors (Lipinski definition) is 8. The van der Waals surface area contributed by atoms with Crippen LogP contribution in [0.25, 0.3) is 0 Å². The van der Waals surface area contributed by atoms with Crippen molar-refractivity contribution in [3.63, 3.8) is 0 Å². The predicted molar refractivity (Wildman–Crippen MR) is 145 cm³/mol. The van der Waals surface area contributed by atoms with Crippen LogP contribution in [0.3, 0.4) is 0 Å². The third-order valence-electron chi connectivity index (χ3n) is 7.21. The lowest BCUT2D eigenvalue weighted by atomic mass is 9.92. The zero-order chi connectivity index (χ0) is 27.8. The minimum Gasteiger partial charge on any atom is -0.451 e. The van der Waals surface area contributed by atoms with E-state index in [1.54, 1.807) is 6.07 Å². The van der Waals surface area contributed by atoms with Gasteiger partial charge < -0.3 is 24.8 Å². The van der Waals surface area contributed by atoms with Crippen LogP contribution in [-0.4, -0.2) is 67.6 Å². The molecule has 3 heterocycles. The molecular formula is C28H28N2O7S2. The summed E-state index contributed by atoms with van der Waals surface area (Å²) >= 11 is 1.39. The first-order chi connectivity index (χ1) is 18.8. The van der Waals surface area contributed by atoms with Gasteiger partial charge in [0, 0.05) is 12.0 Å². The van der Waals surface area contributed by atoms with Gasteiger partial charge in [-0.25, -0.2) is 4.79 Å². The number of benzene rings is 2. The highest BCUT2D eigenvalue weighted by Crippen LogP contribution is 2.49. The van der Waals surface area contributed by atoms with E-state index in [-0.39, 0.29) is 6.42 Å². The van der Waals surface area contributed by atoms with Crippen LogP contribution in [0.2, 0.25) is 0 Å². The maximum absolute atomic E-state index is 13.8. The fourth-order valence-electron chi connectivity index (χ4n) is 5.15. The molecule has 0 saturated carbocycles. The number of esters is 1. The molecule has 0 radical (unpaired) electrons. The lowest BCUT2D eigenvalue weighted by Gasteiger charge is -2.51. The standard InChI is InChI=1S/C28H28N2O7S2/c1-27(17-31)23(24(33)37-22(18-10-5-3-6-11-18)19-12-7-4-8-13-19)30-25(34)28(36-2,26(30)39(27)35)29-21(32)16-20-14-9-15-38-20/h3-15,22-23,26,31H,16-17H2,1-2H3,(H,29,32).